The molecule has 2 N–H and O–H groups in total. The smallest absolute Gasteiger partial charge is 0.310 e. The number of carboxylic acids is 1. The fourth-order valence-electron chi connectivity index (χ4n) is 0.996. The van der Waals surface area contributed by atoms with Crippen LogP contribution in [0.1, 0.15) is 13.8 Å². The molecule has 0 fully saturated rings. The number of carboxylic acid groups (broad SMARTS) is 1. The van der Waals surface area contributed by atoms with E-state index in [4.69, 9.17) is 5.11 Å². The van der Waals surface area contributed by atoms with Crippen molar-refractivity contribution in [1.82, 2.24) is 0 Å². The van der Waals surface area contributed by atoms with Gasteiger partial charge >= 0.3 is 5.97 Å². The first-order valence-corrected chi connectivity index (χ1v) is 4.65. The third kappa shape index (κ3) is 2.94. The van der Waals surface area contributed by atoms with Crippen molar-refractivity contribution >= 4 is 11.7 Å². The van der Waals surface area contributed by atoms with Crippen molar-refractivity contribution in [2.45, 2.75) is 13.8 Å². The lowest BCUT2D eigenvalue weighted by molar-refractivity contribution is -0.146. The van der Waals surface area contributed by atoms with Crippen molar-refractivity contribution < 1.29 is 14.3 Å². The van der Waals surface area contributed by atoms with Gasteiger partial charge < -0.3 is 10.4 Å². The molecule has 0 aliphatic carbocycles. The number of rotatable bonds is 4. The minimum Gasteiger partial charge on any atom is -0.481 e. The highest BCUT2D eigenvalue weighted by Gasteiger charge is 2.26. The predicted molar refractivity (Wildman–Crippen MR) is 56.3 cm³/mol. The summed E-state index contributed by atoms with van der Waals surface area (Å²) in [6, 6.07) is 6.19. The van der Waals surface area contributed by atoms with Crippen molar-refractivity contribution in [2.24, 2.45) is 5.41 Å². The molecule has 0 bridgehead atoms. The van der Waals surface area contributed by atoms with E-state index < -0.39 is 11.4 Å². The molecule has 4 heteroatoms. The Hall–Kier alpha value is -1.58. The van der Waals surface area contributed by atoms with E-state index in [1.165, 1.54) is 6.07 Å². The lowest BCUT2D eigenvalue weighted by Crippen LogP contribution is -2.31. The molecule has 15 heavy (non-hydrogen) atoms. The van der Waals surface area contributed by atoms with Gasteiger partial charge in [-0.3, -0.25) is 4.79 Å². The quantitative estimate of drug-likeness (QED) is 0.803. The Balaban J connectivity index is 2.66. The summed E-state index contributed by atoms with van der Waals surface area (Å²) in [6.07, 6.45) is 0. The van der Waals surface area contributed by atoms with Gasteiger partial charge in [-0.15, -0.1) is 0 Å². The van der Waals surface area contributed by atoms with Crippen LogP contribution >= 0.6 is 0 Å². The molecule has 0 atom stereocenters. The van der Waals surface area contributed by atoms with Crippen molar-refractivity contribution in [3.8, 4) is 0 Å². The Morgan fingerprint density at radius 3 is 2.60 bits per heavy atom. The molecular weight excluding hydrogens is 197 g/mol. The van der Waals surface area contributed by atoms with Gasteiger partial charge in [0.2, 0.25) is 0 Å². The number of halogens is 1. The molecule has 0 radical (unpaired) electrons. The van der Waals surface area contributed by atoms with E-state index in [2.05, 4.69) is 5.32 Å². The first-order valence-electron chi connectivity index (χ1n) is 4.65. The van der Waals surface area contributed by atoms with Gasteiger partial charge in [-0.25, -0.2) is 4.39 Å². The number of benzene rings is 1. The van der Waals surface area contributed by atoms with Crippen molar-refractivity contribution in [3.05, 3.63) is 30.1 Å². The monoisotopic (exact) mass is 211 g/mol. The van der Waals surface area contributed by atoms with Gasteiger partial charge in [0, 0.05) is 6.54 Å². The molecule has 0 saturated carbocycles. The number of aliphatic carboxylic acids is 1. The summed E-state index contributed by atoms with van der Waals surface area (Å²) in [6.45, 7) is 3.36. The Bertz CT molecular complexity index is 363. The Labute approximate surface area is 87.9 Å². The van der Waals surface area contributed by atoms with Crippen LogP contribution in [-0.4, -0.2) is 17.6 Å². The maximum atomic E-state index is 13.2. The van der Waals surface area contributed by atoms with E-state index in [1.54, 1.807) is 32.0 Å². The third-order valence-electron chi connectivity index (χ3n) is 2.17. The molecule has 1 rings (SSSR count). The molecule has 0 aromatic heterocycles. The number of anilines is 1. The lowest BCUT2D eigenvalue weighted by atomic mass is 9.94. The highest BCUT2D eigenvalue weighted by molar-refractivity contribution is 5.74. The van der Waals surface area contributed by atoms with E-state index in [1.807, 2.05) is 0 Å². The first-order chi connectivity index (χ1) is 6.93. The Morgan fingerprint density at radius 1 is 1.47 bits per heavy atom. The molecule has 0 aliphatic rings. The van der Waals surface area contributed by atoms with Crippen LogP contribution in [0.15, 0.2) is 24.3 Å². The second-order valence-electron chi connectivity index (χ2n) is 4.02. The first kappa shape index (κ1) is 11.5. The van der Waals surface area contributed by atoms with E-state index in [-0.39, 0.29) is 12.4 Å². The zero-order chi connectivity index (χ0) is 11.5. The van der Waals surface area contributed by atoms with Gasteiger partial charge in [-0.1, -0.05) is 12.1 Å². The second kappa shape index (κ2) is 4.29. The van der Waals surface area contributed by atoms with E-state index in [9.17, 15) is 9.18 Å². The lowest BCUT2D eigenvalue weighted by Gasteiger charge is -2.20. The normalized spacial score (nSPS) is 11.1. The molecule has 0 heterocycles. The van der Waals surface area contributed by atoms with Gasteiger partial charge in [0.25, 0.3) is 0 Å². The van der Waals surface area contributed by atoms with Crippen LogP contribution < -0.4 is 5.32 Å². The van der Waals surface area contributed by atoms with Gasteiger partial charge in [-0.05, 0) is 26.0 Å². The van der Waals surface area contributed by atoms with Gasteiger partial charge in [0.05, 0.1) is 11.1 Å². The summed E-state index contributed by atoms with van der Waals surface area (Å²) >= 11 is 0. The molecule has 3 nitrogen and oxygen atoms in total. The predicted octanol–water partition coefficient (Wildman–Crippen LogP) is 2.35. The van der Waals surface area contributed by atoms with Crippen LogP contribution in [0.5, 0.6) is 0 Å². The summed E-state index contributed by atoms with van der Waals surface area (Å²) in [4.78, 5) is 10.8. The minimum absolute atomic E-state index is 0.184. The van der Waals surface area contributed by atoms with Gasteiger partial charge in [-0.2, -0.15) is 0 Å². The molecule has 0 unspecified atom stereocenters. The molecule has 82 valence electrons. The standard InChI is InChI=1S/C11H14FNO2/c1-11(2,10(14)15)7-13-9-6-4-3-5-8(9)12/h3-6,13H,7H2,1-2H3,(H,14,15). The number of nitrogens with one attached hydrogen (secondary N) is 1. The highest BCUT2D eigenvalue weighted by atomic mass is 19.1. The van der Waals surface area contributed by atoms with Crippen LogP contribution in [-0.2, 0) is 4.79 Å². The van der Waals surface area contributed by atoms with E-state index in [0.717, 1.165) is 0 Å². The van der Waals surface area contributed by atoms with Crippen LogP contribution in [0.2, 0.25) is 0 Å². The van der Waals surface area contributed by atoms with Crippen molar-refractivity contribution in [2.75, 3.05) is 11.9 Å². The largest absolute Gasteiger partial charge is 0.481 e. The summed E-state index contributed by atoms with van der Waals surface area (Å²) in [5.74, 6) is -1.29. The Kier molecular flexibility index (Phi) is 3.29. The third-order valence-corrected chi connectivity index (χ3v) is 2.17. The fourth-order valence-corrected chi connectivity index (χ4v) is 0.996. The molecule has 0 saturated heterocycles. The number of carbonyl (C=O) groups is 1. The number of hydrogen-bond acceptors (Lipinski definition) is 2. The van der Waals surface area contributed by atoms with Crippen LogP contribution in [0, 0.1) is 11.2 Å². The molecular formula is C11H14FNO2. The summed E-state index contributed by atoms with van der Waals surface area (Å²) in [5, 5.41) is 11.6. The van der Waals surface area contributed by atoms with Crippen LogP contribution in [0.25, 0.3) is 0 Å². The summed E-state index contributed by atoms with van der Waals surface area (Å²) in [7, 11) is 0. The van der Waals surface area contributed by atoms with Crippen LogP contribution in [0.3, 0.4) is 0 Å². The summed E-state index contributed by atoms with van der Waals surface area (Å²) < 4.78 is 13.2. The van der Waals surface area contributed by atoms with Gasteiger partial charge in [0.1, 0.15) is 5.82 Å². The van der Waals surface area contributed by atoms with Crippen molar-refractivity contribution in [1.29, 1.82) is 0 Å². The zero-order valence-electron chi connectivity index (χ0n) is 8.75. The average molecular weight is 211 g/mol. The van der Waals surface area contributed by atoms with Crippen LogP contribution in [0.4, 0.5) is 10.1 Å². The minimum atomic E-state index is -0.914. The maximum absolute atomic E-state index is 13.2. The highest BCUT2D eigenvalue weighted by Crippen LogP contribution is 2.18. The zero-order valence-corrected chi connectivity index (χ0v) is 8.75. The second-order valence-corrected chi connectivity index (χ2v) is 4.02. The molecule has 1 aromatic carbocycles. The van der Waals surface area contributed by atoms with E-state index in [0.29, 0.717) is 5.69 Å². The molecule has 0 aliphatic heterocycles. The number of para-hydroxylation sites is 1. The van der Waals surface area contributed by atoms with E-state index >= 15 is 0 Å². The van der Waals surface area contributed by atoms with Crippen molar-refractivity contribution in [3.63, 3.8) is 0 Å². The fraction of sp³-hybridized carbons (Fsp3) is 0.364. The molecule has 0 amide bonds. The molecule has 0 spiro atoms. The topological polar surface area (TPSA) is 49.3 Å². The molecule has 1 aromatic rings. The Morgan fingerprint density at radius 2 is 2.07 bits per heavy atom. The number of hydrogen-bond donors (Lipinski definition) is 2. The van der Waals surface area contributed by atoms with Gasteiger partial charge in [0.15, 0.2) is 0 Å². The summed E-state index contributed by atoms with van der Waals surface area (Å²) in [5.41, 5.74) is -0.589. The maximum Gasteiger partial charge on any atom is 0.310 e. The average Bonchev–Trinajstić information content (AvgIpc) is 2.16. The SMILES string of the molecule is CC(C)(CNc1ccccc1F)C(=O)O.